The van der Waals surface area contributed by atoms with Gasteiger partial charge in [0.05, 0.1) is 22.5 Å². The van der Waals surface area contributed by atoms with Crippen LogP contribution in [0.25, 0.3) is 16.5 Å². The topological polar surface area (TPSA) is 88.9 Å². The van der Waals surface area contributed by atoms with E-state index in [1.54, 1.807) is 6.20 Å². The van der Waals surface area contributed by atoms with Crippen LogP contribution in [-0.2, 0) is 0 Å². The molecular formula is C23H22N6O. The number of anilines is 1. The van der Waals surface area contributed by atoms with Gasteiger partial charge in [0, 0.05) is 49.8 Å². The number of aromatic amines is 1. The second-order valence-electron chi connectivity index (χ2n) is 7.81. The molecule has 5 rings (SSSR count). The van der Waals surface area contributed by atoms with Gasteiger partial charge in [-0.25, -0.2) is 9.97 Å². The lowest BCUT2D eigenvalue weighted by Gasteiger charge is -2.38. The standard InChI is InChI=1S/C23H22N6O/c24-13-16-1-4-18(5-2-16)28-7-9-29(10-8-28)19-6-3-17(11-19)21-12-22-20(23(30)27-21)14-25-15-26-22/h1-2,4-5,11-12,14-15,19H,3,6-10H2,(H,27,30). The molecule has 1 aliphatic heterocycles. The van der Waals surface area contributed by atoms with Gasteiger partial charge >= 0.3 is 0 Å². The Morgan fingerprint density at radius 2 is 1.93 bits per heavy atom. The largest absolute Gasteiger partial charge is 0.369 e. The quantitative estimate of drug-likeness (QED) is 0.729. The zero-order valence-corrected chi connectivity index (χ0v) is 16.6. The van der Waals surface area contributed by atoms with Crippen molar-refractivity contribution >= 4 is 22.2 Å². The molecule has 1 unspecified atom stereocenters. The number of pyridine rings is 1. The Morgan fingerprint density at radius 3 is 2.70 bits per heavy atom. The first-order chi connectivity index (χ1) is 14.7. The Kier molecular flexibility index (Phi) is 4.77. The Morgan fingerprint density at radius 1 is 1.13 bits per heavy atom. The molecule has 7 heteroatoms. The second-order valence-corrected chi connectivity index (χ2v) is 7.81. The van der Waals surface area contributed by atoms with Gasteiger partial charge in [-0.1, -0.05) is 6.08 Å². The number of fused-ring (bicyclic) bond motifs is 1. The van der Waals surface area contributed by atoms with E-state index in [4.69, 9.17) is 5.26 Å². The number of nitrogens with zero attached hydrogens (tertiary/aromatic N) is 5. The highest BCUT2D eigenvalue weighted by Crippen LogP contribution is 2.31. The fourth-order valence-corrected chi connectivity index (χ4v) is 4.44. The van der Waals surface area contributed by atoms with Gasteiger partial charge in [0.25, 0.3) is 5.56 Å². The highest BCUT2D eigenvalue weighted by molar-refractivity contribution is 5.80. The number of benzene rings is 1. The maximum atomic E-state index is 12.4. The molecule has 150 valence electrons. The minimum atomic E-state index is -0.136. The van der Waals surface area contributed by atoms with E-state index in [0.29, 0.717) is 22.5 Å². The van der Waals surface area contributed by atoms with Gasteiger partial charge in [0.15, 0.2) is 0 Å². The van der Waals surface area contributed by atoms with Crippen LogP contribution < -0.4 is 10.5 Å². The van der Waals surface area contributed by atoms with Crippen molar-refractivity contribution in [1.29, 1.82) is 5.26 Å². The van der Waals surface area contributed by atoms with Gasteiger partial charge in [-0.05, 0) is 48.7 Å². The maximum absolute atomic E-state index is 12.4. The number of hydrogen-bond donors (Lipinski definition) is 1. The molecule has 30 heavy (non-hydrogen) atoms. The molecule has 2 aromatic heterocycles. The molecule has 1 fully saturated rings. The first-order valence-corrected chi connectivity index (χ1v) is 10.2. The fraction of sp³-hybridized carbons (Fsp3) is 0.304. The first kappa shape index (κ1) is 18.5. The highest BCUT2D eigenvalue weighted by Gasteiger charge is 2.27. The van der Waals surface area contributed by atoms with E-state index >= 15 is 0 Å². The third-order valence-corrected chi connectivity index (χ3v) is 6.11. The monoisotopic (exact) mass is 398 g/mol. The number of aromatic nitrogens is 3. The van der Waals surface area contributed by atoms with Crippen LogP contribution in [0.1, 0.15) is 24.1 Å². The fourth-order valence-electron chi connectivity index (χ4n) is 4.44. The van der Waals surface area contributed by atoms with Crippen LogP contribution in [0.2, 0.25) is 0 Å². The number of hydrogen-bond acceptors (Lipinski definition) is 6. The summed E-state index contributed by atoms with van der Waals surface area (Å²) in [5.74, 6) is 0. The second kappa shape index (κ2) is 7.73. The third-order valence-electron chi connectivity index (χ3n) is 6.11. The molecule has 0 radical (unpaired) electrons. The first-order valence-electron chi connectivity index (χ1n) is 10.2. The van der Waals surface area contributed by atoms with Crippen LogP contribution >= 0.6 is 0 Å². The van der Waals surface area contributed by atoms with Crippen molar-refractivity contribution < 1.29 is 0 Å². The molecule has 1 N–H and O–H groups in total. The zero-order chi connectivity index (χ0) is 20.5. The van der Waals surface area contributed by atoms with Gasteiger partial charge in [-0.2, -0.15) is 5.26 Å². The van der Waals surface area contributed by atoms with Gasteiger partial charge in [-0.3, -0.25) is 9.69 Å². The van der Waals surface area contributed by atoms with E-state index in [0.717, 1.165) is 44.7 Å². The zero-order valence-electron chi connectivity index (χ0n) is 16.6. The predicted molar refractivity (Wildman–Crippen MR) is 116 cm³/mol. The Hall–Kier alpha value is -3.50. The molecule has 1 aliphatic carbocycles. The Labute approximate surface area is 174 Å². The van der Waals surface area contributed by atoms with Crippen LogP contribution in [0.15, 0.2) is 53.7 Å². The number of piperazine rings is 1. The van der Waals surface area contributed by atoms with Gasteiger partial charge in [-0.15, -0.1) is 0 Å². The summed E-state index contributed by atoms with van der Waals surface area (Å²) in [6.45, 7) is 3.93. The van der Waals surface area contributed by atoms with Gasteiger partial charge in [0.2, 0.25) is 0 Å². The van der Waals surface area contributed by atoms with Crippen molar-refractivity contribution in [2.24, 2.45) is 0 Å². The van der Waals surface area contributed by atoms with Crippen LogP contribution in [0, 0.1) is 11.3 Å². The summed E-state index contributed by atoms with van der Waals surface area (Å²) >= 11 is 0. The normalized spacial score (nSPS) is 19.6. The summed E-state index contributed by atoms with van der Waals surface area (Å²) in [5.41, 5.74) is 4.47. The van der Waals surface area contributed by atoms with Crippen LogP contribution in [0.3, 0.4) is 0 Å². The van der Waals surface area contributed by atoms with E-state index in [9.17, 15) is 4.79 Å². The summed E-state index contributed by atoms with van der Waals surface area (Å²) in [6, 6.07) is 12.3. The van der Waals surface area contributed by atoms with E-state index < -0.39 is 0 Å². The minimum absolute atomic E-state index is 0.136. The molecule has 7 nitrogen and oxygen atoms in total. The molecule has 0 spiro atoms. The van der Waals surface area contributed by atoms with Gasteiger partial charge in [0.1, 0.15) is 6.33 Å². The summed E-state index contributed by atoms with van der Waals surface area (Å²) in [6.07, 6.45) is 7.35. The van der Waals surface area contributed by atoms with Crippen LogP contribution in [0.5, 0.6) is 0 Å². The smallest absolute Gasteiger partial charge is 0.259 e. The third kappa shape index (κ3) is 3.46. The molecule has 1 saturated heterocycles. The molecule has 1 atom stereocenters. The minimum Gasteiger partial charge on any atom is -0.369 e. The number of nitriles is 1. The molecule has 0 amide bonds. The summed E-state index contributed by atoms with van der Waals surface area (Å²) in [7, 11) is 0. The SMILES string of the molecule is N#Cc1ccc(N2CCN(C3C=C(c4cc5ncncc5c(=O)[nH]4)CC3)CC2)cc1. The number of nitrogens with one attached hydrogen (secondary N) is 1. The summed E-state index contributed by atoms with van der Waals surface area (Å²) < 4.78 is 0. The summed E-state index contributed by atoms with van der Waals surface area (Å²) in [5, 5.41) is 9.49. The Balaban J connectivity index is 1.28. The Bertz CT molecular complexity index is 1200. The lowest BCUT2D eigenvalue weighted by molar-refractivity contribution is 0.214. The van der Waals surface area contributed by atoms with Crippen molar-refractivity contribution in [3.63, 3.8) is 0 Å². The van der Waals surface area contributed by atoms with E-state index in [1.165, 1.54) is 17.6 Å². The number of rotatable bonds is 3. The van der Waals surface area contributed by atoms with E-state index in [2.05, 4.69) is 36.9 Å². The van der Waals surface area contributed by atoms with Gasteiger partial charge < -0.3 is 9.88 Å². The highest BCUT2D eigenvalue weighted by atomic mass is 16.1. The molecular weight excluding hydrogens is 376 g/mol. The molecule has 1 aromatic carbocycles. The summed E-state index contributed by atoms with van der Waals surface area (Å²) in [4.78, 5) is 28.4. The average Bonchev–Trinajstić information content (AvgIpc) is 3.30. The van der Waals surface area contributed by atoms with E-state index in [1.807, 2.05) is 30.3 Å². The number of H-pyrrole nitrogens is 1. The lowest BCUT2D eigenvalue weighted by atomic mass is 10.1. The van der Waals surface area contributed by atoms with E-state index in [-0.39, 0.29) is 5.56 Å². The van der Waals surface area contributed by atoms with Crippen molar-refractivity contribution in [2.75, 3.05) is 31.1 Å². The average molecular weight is 398 g/mol. The molecule has 2 aliphatic rings. The maximum Gasteiger partial charge on any atom is 0.259 e. The lowest BCUT2D eigenvalue weighted by Crippen LogP contribution is -2.49. The number of allylic oxidation sites excluding steroid dienone is 1. The molecule has 0 saturated carbocycles. The predicted octanol–water partition coefficient (Wildman–Crippen LogP) is 2.56. The molecule has 3 aromatic rings. The van der Waals surface area contributed by atoms with Crippen molar-refractivity contribution in [2.45, 2.75) is 18.9 Å². The van der Waals surface area contributed by atoms with Crippen molar-refractivity contribution in [1.82, 2.24) is 19.9 Å². The van der Waals surface area contributed by atoms with Crippen LogP contribution in [0.4, 0.5) is 5.69 Å². The van der Waals surface area contributed by atoms with Crippen molar-refractivity contribution in [3.05, 3.63) is 70.5 Å². The van der Waals surface area contributed by atoms with Crippen LogP contribution in [-0.4, -0.2) is 52.1 Å². The molecule has 0 bridgehead atoms. The molecule has 3 heterocycles. The van der Waals surface area contributed by atoms with Crippen molar-refractivity contribution in [3.8, 4) is 6.07 Å².